The van der Waals surface area contributed by atoms with E-state index >= 15 is 0 Å². The summed E-state index contributed by atoms with van der Waals surface area (Å²) < 4.78 is 5.03. The van der Waals surface area contributed by atoms with Crippen LogP contribution in [0.25, 0.3) is 0 Å². The highest BCUT2D eigenvalue weighted by molar-refractivity contribution is 5.37. The summed E-state index contributed by atoms with van der Waals surface area (Å²) in [4.78, 5) is 17.0. The maximum atomic E-state index is 5.67. The van der Waals surface area contributed by atoms with Crippen molar-refractivity contribution < 1.29 is 4.74 Å². The summed E-state index contributed by atoms with van der Waals surface area (Å²) in [5.74, 6) is 0.812. The van der Waals surface area contributed by atoms with Crippen molar-refractivity contribution in [1.29, 1.82) is 0 Å². The lowest BCUT2D eigenvalue weighted by atomic mass is 10.2. The van der Waals surface area contributed by atoms with E-state index in [4.69, 9.17) is 10.5 Å². The number of likely N-dealkylation sites (N-methyl/N-ethyl adjacent to an activating group) is 1. The Labute approximate surface area is 113 Å². The van der Waals surface area contributed by atoms with Gasteiger partial charge in [-0.05, 0) is 19.5 Å². The summed E-state index contributed by atoms with van der Waals surface area (Å²) in [5.41, 5.74) is 5.67. The van der Waals surface area contributed by atoms with Gasteiger partial charge in [-0.1, -0.05) is 13.8 Å². The van der Waals surface area contributed by atoms with E-state index in [1.54, 1.807) is 0 Å². The molecule has 7 nitrogen and oxygen atoms in total. The number of hydrogen-bond acceptors (Lipinski definition) is 7. The zero-order chi connectivity index (χ0) is 13.8. The first-order valence-electron chi connectivity index (χ1n) is 6.72. The lowest BCUT2D eigenvalue weighted by Gasteiger charge is -2.26. The summed E-state index contributed by atoms with van der Waals surface area (Å²) in [6.07, 6.45) is 1.12. The molecule has 1 aromatic rings. The van der Waals surface area contributed by atoms with E-state index < -0.39 is 0 Å². The largest absolute Gasteiger partial charge is 0.467 e. The first-order valence-corrected chi connectivity index (χ1v) is 6.72. The molecular weight excluding hydrogens is 244 g/mol. The summed E-state index contributed by atoms with van der Waals surface area (Å²) >= 11 is 0. The number of hydrogen-bond donors (Lipinski definition) is 1. The highest BCUT2D eigenvalue weighted by Gasteiger charge is 2.28. The molecule has 2 rings (SSSR count). The van der Waals surface area contributed by atoms with E-state index in [0.29, 0.717) is 12.0 Å². The molecule has 1 saturated heterocycles. The van der Waals surface area contributed by atoms with Crippen LogP contribution in [0.5, 0.6) is 6.01 Å². The van der Waals surface area contributed by atoms with E-state index in [1.807, 2.05) is 0 Å². The van der Waals surface area contributed by atoms with Crippen molar-refractivity contribution >= 4 is 11.9 Å². The van der Waals surface area contributed by atoms with Crippen LogP contribution in [0.3, 0.4) is 0 Å². The van der Waals surface area contributed by atoms with Crippen LogP contribution in [0.2, 0.25) is 0 Å². The molecule has 0 aliphatic carbocycles. The minimum Gasteiger partial charge on any atom is -0.467 e. The van der Waals surface area contributed by atoms with Gasteiger partial charge in [0.2, 0.25) is 11.9 Å². The van der Waals surface area contributed by atoms with E-state index in [1.165, 1.54) is 7.11 Å². The first kappa shape index (κ1) is 13.8. The lowest BCUT2D eigenvalue weighted by molar-refractivity contribution is 0.232. The molecule has 1 aliphatic rings. The number of nitrogen functional groups attached to an aromatic ring is 1. The number of methoxy groups -OCH3 is 1. The Morgan fingerprint density at radius 1 is 1.32 bits per heavy atom. The molecule has 0 bridgehead atoms. The molecular formula is C12H22N6O. The first-order chi connectivity index (χ1) is 9.17. The quantitative estimate of drug-likeness (QED) is 0.825. The van der Waals surface area contributed by atoms with Crippen molar-refractivity contribution in [3.05, 3.63) is 0 Å². The number of rotatable bonds is 5. The van der Waals surface area contributed by atoms with Crippen LogP contribution < -0.4 is 15.4 Å². The van der Waals surface area contributed by atoms with Crippen LogP contribution in [0, 0.1) is 0 Å². The fraction of sp³-hybridized carbons (Fsp3) is 0.750. The Morgan fingerprint density at radius 3 is 2.68 bits per heavy atom. The fourth-order valence-electron chi connectivity index (χ4n) is 2.56. The average Bonchev–Trinajstić information content (AvgIpc) is 2.89. The van der Waals surface area contributed by atoms with Gasteiger partial charge in [-0.25, -0.2) is 0 Å². The maximum absolute atomic E-state index is 5.67. The molecule has 7 heteroatoms. The number of nitrogens with zero attached hydrogens (tertiary/aromatic N) is 5. The molecule has 0 saturated carbocycles. The van der Waals surface area contributed by atoms with Crippen LogP contribution in [0.15, 0.2) is 0 Å². The Morgan fingerprint density at radius 2 is 2.05 bits per heavy atom. The number of nitrogens with two attached hydrogens (primary N) is 1. The Bertz CT molecular complexity index is 423. The number of aromatic nitrogens is 3. The monoisotopic (exact) mass is 266 g/mol. The molecule has 0 radical (unpaired) electrons. The van der Waals surface area contributed by atoms with Gasteiger partial charge in [-0.3, -0.25) is 4.90 Å². The van der Waals surface area contributed by atoms with E-state index in [2.05, 4.69) is 38.6 Å². The van der Waals surface area contributed by atoms with Crippen molar-refractivity contribution in [3.8, 4) is 6.01 Å². The molecule has 0 aromatic carbocycles. The third-order valence-corrected chi connectivity index (χ3v) is 3.58. The summed E-state index contributed by atoms with van der Waals surface area (Å²) in [6, 6.07) is 0.827. The fourth-order valence-corrected chi connectivity index (χ4v) is 2.56. The normalized spacial score (nSPS) is 19.2. The smallest absolute Gasteiger partial charge is 0.322 e. The van der Waals surface area contributed by atoms with Gasteiger partial charge in [0.1, 0.15) is 0 Å². The standard InChI is InChI=1S/C12H22N6O/c1-4-17(5-2)9-6-7-18(8-9)11-14-10(13)15-12(16-11)19-3/h9H,4-8H2,1-3H3,(H2,13,14,15,16). The highest BCUT2D eigenvalue weighted by Crippen LogP contribution is 2.21. The van der Waals surface area contributed by atoms with E-state index in [9.17, 15) is 0 Å². The minimum atomic E-state index is 0.202. The molecule has 1 atom stereocenters. The Kier molecular flexibility index (Phi) is 4.36. The average molecular weight is 266 g/mol. The Hall–Kier alpha value is -1.63. The third kappa shape index (κ3) is 3.04. The van der Waals surface area contributed by atoms with Crippen LogP contribution in [-0.2, 0) is 0 Å². The second kappa shape index (κ2) is 6.01. The molecule has 1 fully saturated rings. The van der Waals surface area contributed by atoms with Crippen molar-refractivity contribution in [2.24, 2.45) is 0 Å². The van der Waals surface area contributed by atoms with Crippen LogP contribution in [0.1, 0.15) is 20.3 Å². The summed E-state index contributed by atoms with van der Waals surface area (Å²) in [6.45, 7) is 8.38. The van der Waals surface area contributed by atoms with Gasteiger partial charge >= 0.3 is 6.01 Å². The van der Waals surface area contributed by atoms with Crippen molar-refractivity contribution in [2.45, 2.75) is 26.3 Å². The minimum absolute atomic E-state index is 0.202. The predicted octanol–water partition coefficient (Wildman–Crippen LogP) is 0.383. The second-order valence-corrected chi connectivity index (χ2v) is 4.59. The van der Waals surface area contributed by atoms with Crippen LogP contribution >= 0.6 is 0 Å². The van der Waals surface area contributed by atoms with Crippen LogP contribution in [0.4, 0.5) is 11.9 Å². The summed E-state index contributed by atoms with van der Waals surface area (Å²) in [7, 11) is 1.53. The second-order valence-electron chi connectivity index (χ2n) is 4.59. The molecule has 0 amide bonds. The van der Waals surface area contributed by atoms with Crippen molar-refractivity contribution in [1.82, 2.24) is 19.9 Å². The molecule has 1 aromatic heterocycles. The molecule has 0 spiro atoms. The SMILES string of the molecule is CCN(CC)C1CCN(c2nc(N)nc(OC)n2)C1. The molecule has 19 heavy (non-hydrogen) atoms. The summed E-state index contributed by atoms with van der Waals surface area (Å²) in [5, 5.41) is 0. The zero-order valence-corrected chi connectivity index (χ0v) is 11.8. The van der Waals surface area contributed by atoms with Gasteiger partial charge in [-0.2, -0.15) is 15.0 Å². The molecule has 106 valence electrons. The van der Waals surface area contributed by atoms with Crippen molar-refractivity contribution in [2.75, 3.05) is 43.9 Å². The third-order valence-electron chi connectivity index (χ3n) is 3.58. The van der Waals surface area contributed by atoms with Gasteiger partial charge in [0.05, 0.1) is 7.11 Å². The molecule has 1 unspecified atom stereocenters. The van der Waals surface area contributed by atoms with Gasteiger partial charge in [0.25, 0.3) is 0 Å². The highest BCUT2D eigenvalue weighted by atomic mass is 16.5. The van der Waals surface area contributed by atoms with E-state index in [-0.39, 0.29) is 12.0 Å². The topological polar surface area (TPSA) is 80.4 Å². The van der Waals surface area contributed by atoms with Gasteiger partial charge in [0, 0.05) is 19.1 Å². The van der Waals surface area contributed by atoms with Gasteiger partial charge in [-0.15, -0.1) is 0 Å². The number of anilines is 2. The van der Waals surface area contributed by atoms with Gasteiger partial charge < -0.3 is 15.4 Å². The lowest BCUT2D eigenvalue weighted by Crippen LogP contribution is -2.37. The molecule has 2 N–H and O–H groups in total. The molecule has 1 aliphatic heterocycles. The number of ether oxygens (including phenoxy) is 1. The molecule has 2 heterocycles. The maximum Gasteiger partial charge on any atom is 0.322 e. The van der Waals surface area contributed by atoms with Gasteiger partial charge in [0.15, 0.2) is 0 Å². The van der Waals surface area contributed by atoms with Crippen molar-refractivity contribution in [3.63, 3.8) is 0 Å². The predicted molar refractivity (Wildman–Crippen MR) is 74.3 cm³/mol. The Balaban J connectivity index is 2.10. The van der Waals surface area contributed by atoms with Crippen LogP contribution in [-0.4, -0.2) is 59.2 Å². The zero-order valence-electron chi connectivity index (χ0n) is 11.8. The van der Waals surface area contributed by atoms with E-state index in [0.717, 1.165) is 32.6 Å².